The number of benzene rings is 2. The van der Waals surface area contributed by atoms with Crippen molar-refractivity contribution in [2.75, 3.05) is 4.72 Å². The van der Waals surface area contributed by atoms with Gasteiger partial charge in [-0.1, -0.05) is 22.9 Å². The Hall–Kier alpha value is -2.57. The van der Waals surface area contributed by atoms with Crippen LogP contribution >= 0.6 is 22.9 Å². The van der Waals surface area contributed by atoms with Crippen LogP contribution in [0.5, 0.6) is 11.5 Å². The Bertz CT molecular complexity index is 1100. The van der Waals surface area contributed by atoms with Crippen LogP contribution in [-0.4, -0.2) is 25.0 Å². The average Bonchev–Trinajstić information content (AvgIpc) is 3.10. The summed E-state index contributed by atoms with van der Waals surface area (Å²) in [6.07, 6.45) is -5.38. The molecule has 0 aliphatic heterocycles. The quantitative estimate of drug-likeness (QED) is 0.511. The molecule has 0 bridgehead atoms. The molecule has 7 nitrogen and oxygen atoms in total. The Morgan fingerprint density at radius 3 is 2.23 bits per heavy atom. The van der Waals surface area contributed by atoms with E-state index in [1.165, 1.54) is 0 Å². The molecule has 0 saturated heterocycles. The van der Waals surface area contributed by atoms with Crippen molar-refractivity contribution in [1.82, 2.24) is 10.2 Å². The van der Waals surface area contributed by atoms with E-state index in [0.717, 1.165) is 35.6 Å². The van der Waals surface area contributed by atoms with Crippen molar-refractivity contribution < 1.29 is 31.1 Å². The summed E-state index contributed by atoms with van der Waals surface area (Å²) in [6.45, 7) is 1.72. The summed E-state index contributed by atoms with van der Waals surface area (Å²) in [6, 6.07) is 10.4. The molecule has 0 amide bonds. The first-order valence-corrected chi connectivity index (χ1v) is 10.8. The molecule has 160 valence electrons. The van der Waals surface area contributed by atoms with Gasteiger partial charge in [-0.25, -0.2) is 8.42 Å². The largest absolute Gasteiger partial charge is 0.573 e. The van der Waals surface area contributed by atoms with Gasteiger partial charge in [-0.3, -0.25) is 4.72 Å². The fourth-order valence-electron chi connectivity index (χ4n) is 2.20. The summed E-state index contributed by atoms with van der Waals surface area (Å²) < 4.78 is 73.1. The lowest BCUT2D eigenvalue weighted by atomic mass is 10.3. The molecule has 1 heterocycles. The second-order valence-electron chi connectivity index (χ2n) is 5.78. The van der Waals surface area contributed by atoms with E-state index < -0.39 is 28.2 Å². The van der Waals surface area contributed by atoms with E-state index >= 15 is 0 Å². The molecule has 1 unspecified atom stereocenters. The monoisotopic (exact) mass is 479 g/mol. The maximum atomic E-state index is 12.4. The number of aromatic nitrogens is 2. The predicted octanol–water partition coefficient (Wildman–Crippen LogP) is 5.03. The van der Waals surface area contributed by atoms with Crippen LogP contribution < -0.4 is 14.2 Å². The molecule has 0 aliphatic rings. The second kappa shape index (κ2) is 8.66. The maximum absolute atomic E-state index is 12.4. The first kappa shape index (κ1) is 22.1. The van der Waals surface area contributed by atoms with Gasteiger partial charge in [0.2, 0.25) is 5.13 Å². The van der Waals surface area contributed by atoms with Crippen LogP contribution in [0.4, 0.5) is 18.3 Å². The molecule has 0 aliphatic carbocycles. The highest BCUT2D eigenvalue weighted by molar-refractivity contribution is 7.93. The molecule has 0 radical (unpaired) electrons. The topological polar surface area (TPSA) is 90.4 Å². The van der Waals surface area contributed by atoms with Gasteiger partial charge in [0.1, 0.15) is 17.6 Å². The number of sulfonamides is 1. The van der Waals surface area contributed by atoms with Crippen molar-refractivity contribution in [3.05, 3.63) is 58.6 Å². The van der Waals surface area contributed by atoms with Crippen molar-refractivity contribution in [1.29, 1.82) is 0 Å². The van der Waals surface area contributed by atoms with Gasteiger partial charge in [0.05, 0.1) is 4.90 Å². The lowest BCUT2D eigenvalue weighted by molar-refractivity contribution is -0.274. The number of hydrogen-bond donors (Lipinski definition) is 1. The number of hydrogen-bond acceptors (Lipinski definition) is 7. The Labute approximate surface area is 178 Å². The fraction of sp³-hybridized carbons (Fsp3) is 0.176. The number of alkyl halides is 3. The van der Waals surface area contributed by atoms with Crippen LogP contribution in [0, 0.1) is 0 Å². The molecule has 30 heavy (non-hydrogen) atoms. The minimum Gasteiger partial charge on any atom is -0.483 e. The van der Waals surface area contributed by atoms with Gasteiger partial charge in [-0.2, -0.15) is 0 Å². The van der Waals surface area contributed by atoms with Crippen molar-refractivity contribution in [3.63, 3.8) is 0 Å². The van der Waals surface area contributed by atoms with Crippen LogP contribution in [0.1, 0.15) is 18.0 Å². The molecule has 0 spiro atoms. The number of nitrogens with zero attached hydrogens (tertiary/aromatic N) is 2. The SMILES string of the molecule is CC(Oc1ccc(Cl)cc1)c1nnc(NS(=O)(=O)c2ccc(OC(F)(F)F)cc2)s1. The zero-order valence-corrected chi connectivity index (χ0v) is 17.4. The molecule has 0 fully saturated rings. The number of anilines is 1. The Morgan fingerprint density at radius 2 is 1.63 bits per heavy atom. The molecule has 3 aromatic rings. The van der Waals surface area contributed by atoms with E-state index in [4.69, 9.17) is 16.3 Å². The lowest BCUT2D eigenvalue weighted by Gasteiger charge is -2.11. The van der Waals surface area contributed by atoms with Crippen molar-refractivity contribution in [2.24, 2.45) is 0 Å². The van der Waals surface area contributed by atoms with E-state index in [0.29, 0.717) is 15.8 Å². The zero-order chi connectivity index (χ0) is 21.9. The third-order valence-electron chi connectivity index (χ3n) is 3.50. The highest BCUT2D eigenvalue weighted by Crippen LogP contribution is 2.29. The van der Waals surface area contributed by atoms with Gasteiger partial charge in [-0.15, -0.1) is 23.4 Å². The standard InChI is InChI=1S/C17H13ClF3N3O4S2/c1-10(27-12-4-2-11(18)3-5-12)15-22-23-16(29-15)24-30(25,26)14-8-6-13(7-9-14)28-17(19,20)21/h2-10H,1H3,(H,23,24). The van der Waals surface area contributed by atoms with Crippen molar-refractivity contribution >= 4 is 38.1 Å². The molecule has 0 saturated carbocycles. The van der Waals surface area contributed by atoms with Gasteiger partial charge < -0.3 is 9.47 Å². The van der Waals surface area contributed by atoms with Gasteiger partial charge in [0.25, 0.3) is 10.0 Å². The van der Waals surface area contributed by atoms with Crippen molar-refractivity contribution in [2.45, 2.75) is 24.3 Å². The lowest BCUT2D eigenvalue weighted by Crippen LogP contribution is -2.17. The van der Waals surface area contributed by atoms with Gasteiger partial charge >= 0.3 is 6.36 Å². The van der Waals surface area contributed by atoms with Crippen LogP contribution in [-0.2, 0) is 10.0 Å². The molecular formula is C17H13ClF3N3O4S2. The summed E-state index contributed by atoms with van der Waals surface area (Å²) >= 11 is 6.78. The van der Waals surface area contributed by atoms with Gasteiger partial charge in [-0.05, 0) is 55.5 Å². The molecule has 1 atom stereocenters. The number of nitrogens with one attached hydrogen (secondary N) is 1. The summed E-state index contributed by atoms with van der Waals surface area (Å²) in [4.78, 5) is -0.265. The molecule has 1 aromatic heterocycles. The van der Waals surface area contributed by atoms with Gasteiger partial charge in [0.15, 0.2) is 5.01 Å². The van der Waals surface area contributed by atoms with Crippen LogP contribution in [0.15, 0.2) is 53.4 Å². The number of ether oxygens (including phenoxy) is 2. The predicted molar refractivity (Wildman–Crippen MR) is 104 cm³/mol. The first-order chi connectivity index (χ1) is 14.0. The summed E-state index contributed by atoms with van der Waals surface area (Å²) in [5.41, 5.74) is 0. The van der Waals surface area contributed by atoms with E-state index in [1.807, 2.05) is 0 Å². The normalized spacial score (nSPS) is 13.0. The maximum Gasteiger partial charge on any atom is 0.573 e. The molecular weight excluding hydrogens is 467 g/mol. The van der Waals surface area contributed by atoms with Crippen LogP contribution in [0.3, 0.4) is 0 Å². The van der Waals surface area contributed by atoms with E-state index in [2.05, 4.69) is 19.7 Å². The van der Waals surface area contributed by atoms with E-state index in [1.54, 1.807) is 31.2 Å². The fourth-order valence-corrected chi connectivity index (χ4v) is 4.28. The highest BCUT2D eigenvalue weighted by atomic mass is 35.5. The van der Waals surface area contributed by atoms with E-state index in [-0.39, 0.29) is 10.0 Å². The molecule has 13 heteroatoms. The highest BCUT2D eigenvalue weighted by Gasteiger charge is 2.31. The van der Waals surface area contributed by atoms with Gasteiger partial charge in [0, 0.05) is 5.02 Å². The second-order valence-corrected chi connectivity index (χ2v) is 8.91. The smallest absolute Gasteiger partial charge is 0.483 e. The minimum atomic E-state index is -4.87. The van der Waals surface area contributed by atoms with Crippen LogP contribution in [0.2, 0.25) is 5.02 Å². The Balaban J connectivity index is 1.67. The Morgan fingerprint density at radius 1 is 1.03 bits per heavy atom. The number of rotatable bonds is 7. The summed E-state index contributed by atoms with van der Waals surface area (Å²) in [5.74, 6) is 0.0122. The van der Waals surface area contributed by atoms with E-state index in [9.17, 15) is 21.6 Å². The summed E-state index contributed by atoms with van der Waals surface area (Å²) in [5, 5.41) is 8.63. The number of halogens is 4. The van der Waals surface area contributed by atoms with Crippen LogP contribution in [0.25, 0.3) is 0 Å². The summed E-state index contributed by atoms with van der Waals surface area (Å²) in [7, 11) is -4.08. The molecule has 1 N–H and O–H groups in total. The molecule has 3 rings (SSSR count). The Kier molecular flexibility index (Phi) is 6.38. The first-order valence-electron chi connectivity index (χ1n) is 8.16. The van der Waals surface area contributed by atoms with Crippen molar-refractivity contribution in [3.8, 4) is 11.5 Å². The third-order valence-corrected chi connectivity index (χ3v) is 6.24. The third kappa shape index (κ3) is 5.97. The minimum absolute atomic E-state index is 0.0211. The molecule has 2 aromatic carbocycles. The zero-order valence-electron chi connectivity index (χ0n) is 15.1. The average molecular weight is 480 g/mol.